The van der Waals surface area contributed by atoms with Crippen molar-refractivity contribution in [1.82, 2.24) is 0 Å². The maximum Gasteiger partial charge on any atom is 0.331 e. The molecule has 1 heterocycles. The van der Waals surface area contributed by atoms with Crippen LogP contribution < -0.4 is 0 Å². The van der Waals surface area contributed by atoms with Gasteiger partial charge in [-0.3, -0.25) is 0 Å². The molecule has 0 radical (unpaired) electrons. The highest BCUT2D eigenvalue weighted by Gasteiger charge is 2.68. The fraction of sp³-hybridized carbons (Fsp3) is 0.700. The number of hydrogen-bond acceptors (Lipinski definition) is 4. The number of ether oxygens (including phenoxy) is 1. The first-order valence-corrected chi connectivity index (χ1v) is 13.6. The third-order valence-corrected chi connectivity index (χ3v) is 11.6. The van der Waals surface area contributed by atoms with Crippen molar-refractivity contribution in [2.45, 2.75) is 83.3 Å². The van der Waals surface area contributed by atoms with Crippen molar-refractivity contribution in [1.29, 1.82) is 0 Å². The van der Waals surface area contributed by atoms with E-state index in [1.54, 1.807) is 6.08 Å². The predicted octanol–water partition coefficient (Wildman–Crippen LogP) is 5.07. The van der Waals surface area contributed by atoms with Gasteiger partial charge in [0, 0.05) is 11.5 Å². The molecule has 4 nitrogen and oxygen atoms in total. The zero-order chi connectivity index (χ0) is 23.7. The molecule has 9 atom stereocenters. The number of carbonyl (C=O) groups is 1. The average molecular weight is 465 g/mol. The molecule has 0 amide bonds. The maximum atomic E-state index is 12.5. The lowest BCUT2D eigenvalue weighted by atomic mass is 9.41. The third kappa shape index (κ3) is 3.13. The monoisotopic (exact) mass is 464 g/mol. The van der Waals surface area contributed by atoms with Gasteiger partial charge in [-0.15, -0.1) is 0 Å². The summed E-state index contributed by atoms with van der Waals surface area (Å²) in [6.45, 7) is 5.21. The van der Waals surface area contributed by atoms with Crippen LogP contribution in [-0.4, -0.2) is 34.5 Å². The standard InChI is InChI=1S/C30H40O4/c1-28-12-10-25-26(30(28,33)13-11-24(28)20-15-27(32)34-18-20)9-8-21-16-23(31)17-22(29(21,25)2)14-19-6-4-3-5-7-19/h3-7,15,21-26,31,33H,8-14,16-18H2,1-2H3/t21-,22?,23+,24-,25+,26-,28-,29+,30+/m1/s1. The Morgan fingerprint density at radius 2 is 1.79 bits per heavy atom. The summed E-state index contributed by atoms with van der Waals surface area (Å²) < 4.78 is 5.27. The average Bonchev–Trinajstić information content (AvgIpc) is 3.35. The van der Waals surface area contributed by atoms with Gasteiger partial charge in [-0.05, 0) is 104 Å². The Hall–Kier alpha value is -1.65. The van der Waals surface area contributed by atoms with Gasteiger partial charge in [0.2, 0.25) is 0 Å². The normalized spacial score (nSPS) is 47.9. The number of hydrogen-bond donors (Lipinski definition) is 2. The first-order valence-electron chi connectivity index (χ1n) is 13.6. The van der Waals surface area contributed by atoms with E-state index in [1.165, 1.54) is 5.56 Å². The Bertz CT molecular complexity index is 987. The lowest BCUT2D eigenvalue weighted by molar-refractivity contribution is -0.220. The number of cyclic esters (lactones) is 1. The smallest absolute Gasteiger partial charge is 0.331 e. The van der Waals surface area contributed by atoms with E-state index < -0.39 is 5.60 Å². The van der Waals surface area contributed by atoms with Crippen molar-refractivity contribution >= 4 is 5.97 Å². The molecule has 184 valence electrons. The summed E-state index contributed by atoms with van der Waals surface area (Å²) in [6, 6.07) is 10.8. The molecule has 4 fully saturated rings. The van der Waals surface area contributed by atoms with E-state index in [0.717, 1.165) is 63.4 Å². The number of fused-ring (bicyclic) bond motifs is 5. The number of benzene rings is 1. The molecule has 0 saturated heterocycles. The molecular formula is C30H40O4. The summed E-state index contributed by atoms with van der Waals surface area (Å²) in [5.41, 5.74) is 1.72. The minimum absolute atomic E-state index is 0.138. The van der Waals surface area contributed by atoms with E-state index in [4.69, 9.17) is 4.74 Å². The molecule has 1 aliphatic heterocycles. The van der Waals surface area contributed by atoms with Crippen LogP contribution in [0.15, 0.2) is 42.0 Å². The number of carbonyl (C=O) groups excluding carboxylic acids is 1. The summed E-state index contributed by atoms with van der Waals surface area (Å²) in [7, 11) is 0. The molecule has 4 heteroatoms. The van der Waals surface area contributed by atoms with Crippen LogP contribution in [0.2, 0.25) is 0 Å². The Balaban J connectivity index is 1.34. The lowest BCUT2D eigenvalue weighted by Crippen LogP contribution is -2.64. The van der Waals surface area contributed by atoms with Crippen LogP contribution in [0.4, 0.5) is 0 Å². The van der Waals surface area contributed by atoms with Crippen LogP contribution >= 0.6 is 0 Å². The van der Waals surface area contributed by atoms with Crippen molar-refractivity contribution in [3.63, 3.8) is 0 Å². The second-order valence-corrected chi connectivity index (χ2v) is 12.7. The van der Waals surface area contributed by atoms with E-state index in [2.05, 4.69) is 44.2 Å². The van der Waals surface area contributed by atoms with E-state index in [0.29, 0.717) is 30.3 Å². The van der Waals surface area contributed by atoms with Crippen molar-refractivity contribution in [3.05, 3.63) is 47.5 Å². The maximum absolute atomic E-state index is 12.5. The Morgan fingerprint density at radius 3 is 2.53 bits per heavy atom. The number of esters is 1. The number of aliphatic hydroxyl groups is 2. The van der Waals surface area contributed by atoms with Crippen LogP contribution in [-0.2, 0) is 16.0 Å². The minimum Gasteiger partial charge on any atom is -0.458 e. The molecule has 0 aromatic heterocycles. The Kier molecular flexibility index (Phi) is 5.31. The van der Waals surface area contributed by atoms with E-state index in [-0.39, 0.29) is 28.8 Å². The second-order valence-electron chi connectivity index (χ2n) is 12.7. The molecule has 34 heavy (non-hydrogen) atoms. The topological polar surface area (TPSA) is 66.8 Å². The molecule has 1 aromatic rings. The van der Waals surface area contributed by atoms with Crippen LogP contribution in [0.1, 0.15) is 70.8 Å². The summed E-state index contributed by atoms with van der Waals surface area (Å²) in [6.07, 6.45) is 10.4. The molecule has 2 N–H and O–H groups in total. The molecule has 0 bridgehead atoms. The fourth-order valence-corrected chi connectivity index (χ4v) is 9.84. The van der Waals surface area contributed by atoms with Gasteiger partial charge in [-0.2, -0.15) is 0 Å². The summed E-state index contributed by atoms with van der Waals surface area (Å²) in [5.74, 6) is 1.76. The molecule has 6 rings (SSSR count). The molecule has 5 aliphatic rings. The third-order valence-electron chi connectivity index (χ3n) is 11.6. The highest BCUT2D eigenvalue weighted by Crippen LogP contribution is 2.70. The summed E-state index contributed by atoms with van der Waals surface area (Å²) in [4.78, 5) is 11.8. The van der Waals surface area contributed by atoms with Crippen LogP contribution in [0.3, 0.4) is 0 Å². The van der Waals surface area contributed by atoms with Crippen LogP contribution in [0.25, 0.3) is 0 Å². The highest BCUT2D eigenvalue weighted by atomic mass is 16.5. The van der Waals surface area contributed by atoms with Crippen LogP contribution in [0.5, 0.6) is 0 Å². The summed E-state index contributed by atoms with van der Waals surface area (Å²) in [5, 5.41) is 23.3. The largest absolute Gasteiger partial charge is 0.458 e. The molecule has 4 aliphatic carbocycles. The molecular weight excluding hydrogens is 424 g/mol. The van der Waals surface area contributed by atoms with Gasteiger partial charge >= 0.3 is 5.97 Å². The van der Waals surface area contributed by atoms with Gasteiger partial charge in [-0.1, -0.05) is 44.2 Å². The Morgan fingerprint density at radius 1 is 1.00 bits per heavy atom. The quantitative estimate of drug-likeness (QED) is 0.613. The van der Waals surface area contributed by atoms with Gasteiger partial charge < -0.3 is 14.9 Å². The van der Waals surface area contributed by atoms with Crippen molar-refractivity contribution < 1.29 is 19.7 Å². The van der Waals surface area contributed by atoms with Gasteiger partial charge in [-0.25, -0.2) is 4.79 Å². The van der Waals surface area contributed by atoms with Gasteiger partial charge in [0.25, 0.3) is 0 Å². The van der Waals surface area contributed by atoms with E-state index >= 15 is 0 Å². The summed E-state index contributed by atoms with van der Waals surface area (Å²) >= 11 is 0. The highest BCUT2D eigenvalue weighted by molar-refractivity contribution is 5.85. The minimum atomic E-state index is -0.686. The van der Waals surface area contributed by atoms with Crippen LogP contribution in [0, 0.1) is 40.4 Å². The first kappa shape index (κ1) is 22.8. The van der Waals surface area contributed by atoms with Gasteiger partial charge in [0.15, 0.2) is 0 Å². The molecule has 4 saturated carbocycles. The van der Waals surface area contributed by atoms with Crippen molar-refractivity contribution in [2.24, 2.45) is 40.4 Å². The SMILES string of the molecule is C[C@@]12C(Cc3ccccc3)C[C@@H](O)C[C@H]1CC[C@@H]1[C@@H]2CC[C@]2(C)[C@@H](C3=CC(=O)OC3)CC[C@]12O. The lowest BCUT2D eigenvalue weighted by Gasteiger charge is -2.65. The van der Waals surface area contributed by atoms with Gasteiger partial charge in [0.1, 0.15) is 6.61 Å². The fourth-order valence-electron chi connectivity index (χ4n) is 9.84. The predicted molar refractivity (Wildman–Crippen MR) is 131 cm³/mol. The van der Waals surface area contributed by atoms with E-state index in [1.807, 2.05) is 0 Å². The Labute approximate surface area is 203 Å². The van der Waals surface area contributed by atoms with Crippen molar-refractivity contribution in [2.75, 3.05) is 6.61 Å². The number of rotatable bonds is 3. The van der Waals surface area contributed by atoms with Crippen molar-refractivity contribution in [3.8, 4) is 0 Å². The molecule has 0 spiro atoms. The zero-order valence-electron chi connectivity index (χ0n) is 20.7. The first-order chi connectivity index (χ1) is 16.3. The van der Waals surface area contributed by atoms with Gasteiger partial charge in [0.05, 0.1) is 11.7 Å². The number of aliphatic hydroxyl groups excluding tert-OH is 1. The van der Waals surface area contributed by atoms with E-state index in [9.17, 15) is 15.0 Å². The second kappa shape index (κ2) is 7.93. The molecule has 1 unspecified atom stereocenters. The molecule has 1 aromatic carbocycles. The zero-order valence-corrected chi connectivity index (χ0v) is 20.7.